The fraction of sp³-hybridized carbons (Fsp3) is 0.500. The van der Waals surface area contributed by atoms with E-state index in [9.17, 15) is 15.0 Å². The minimum atomic E-state index is -1.29. The number of carbonyl (C=O) groups excluding carboxylic acids is 1. The van der Waals surface area contributed by atoms with Crippen molar-refractivity contribution in [3.8, 4) is 0 Å². The summed E-state index contributed by atoms with van der Waals surface area (Å²) in [6, 6.07) is 8.69. The number of hydrogen-bond acceptors (Lipinski definition) is 4. The number of rotatable bonds is 5. The van der Waals surface area contributed by atoms with Gasteiger partial charge in [-0.05, 0) is 26.3 Å². The summed E-state index contributed by atoms with van der Waals surface area (Å²) in [6.45, 7) is 4.72. The molecule has 0 unspecified atom stereocenters. The van der Waals surface area contributed by atoms with Crippen LogP contribution in [-0.2, 0) is 11.3 Å². The number of ether oxygens (including phenoxy) is 1. The molecular formula is C14H21NO4. The van der Waals surface area contributed by atoms with E-state index in [1.807, 2.05) is 30.3 Å². The van der Waals surface area contributed by atoms with Crippen molar-refractivity contribution in [1.82, 2.24) is 5.32 Å². The van der Waals surface area contributed by atoms with Gasteiger partial charge in [0.1, 0.15) is 12.7 Å². The van der Waals surface area contributed by atoms with Crippen molar-refractivity contribution in [2.45, 2.75) is 45.1 Å². The topological polar surface area (TPSA) is 78.8 Å². The maximum Gasteiger partial charge on any atom is 0.407 e. The fourth-order valence-corrected chi connectivity index (χ4v) is 1.64. The molecule has 1 aromatic carbocycles. The van der Waals surface area contributed by atoms with Crippen molar-refractivity contribution < 1.29 is 19.7 Å². The fourth-order valence-electron chi connectivity index (χ4n) is 1.64. The first-order valence-corrected chi connectivity index (χ1v) is 6.18. The molecule has 3 N–H and O–H groups in total. The van der Waals surface area contributed by atoms with Gasteiger partial charge in [0.25, 0.3) is 0 Å². The average Bonchev–Trinajstić information content (AvgIpc) is 2.35. The maximum absolute atomic E-state index is 11.5. The van der Waals surface area contributed by atoms with Crippen LogP contribution in [0.2, 0.25) is 0 Å². The summed E-state index contributed by atoms with van der Waals surface area (Å²) in [6.07, 6.45) is -1.70. The summed E-state index contributed by atoms with van der Waals surface area (Å²) >= 11 is 0. The Balaban J connectivity index is 2.39. The predicted octanol–water partition coefficient (Wildman–Crippen LogP) is 1.43. The molecule has 1 rings (SSSR count). The molecule has 0 radical (unpaired) electrons. The Kier molecular flexibility index (Phi) is 5.32. The summed E-state index contributed by atoms with van der Waals surface area (Å²) in [7, 11) is 0. The number of aliphatic hydroxyl groups is 2. The van der Waals surface area contributed by atoms with Gasteiger partial charge < -0.3 is 20.3 Å². The number of carbonyl (C=O) groups is 1. The molecule has 106 valence electrons. The minimum absolute atomic E-state index is 0.165. The zero-order valence-corrected chi connectivity index (χ0v) is 11.5. The van der Waals surface area contributed by atoms with E-state index in [-0.39, 0.29) is 6.61 Å². The van der Waals surface area contributed by atoms with Crippen molar-refractivity contribution in [1.29, 1.82) is 0 Å². The van der Waals surface area contributed by atoms with Gasteiger partial charge in [-0.2, -0.15) is 0 Å². The van der Waals surface area contributed by atoms with Crippen LogP contribution in [0.4, 0.5) is 4.79 Å². The van der Waals surface area contributed by atoms with Gasteiger partial charge in [0.15, 0.2) is 0 Å². The SMILES string of the molecule is C[C@@H](NC(=O)OCc1ccccc1)[C@H](O)C(C)(C)O. The Morgan fingerprint density at radius 3 is 2.47 bits per heavy atom. The first-order chi connectivity index (χ1) is 8.80. The zero-order chi connectivity index (χ0) is 14.5. The monoisotopic (exact) mass is 267 g/mol. The molecule has 0 aromatic heterocycles. The average molecular weight is 267 g/mol. The van der Waals surface area contributed by atoms with E-state index in [1.54, 1.807) is 6.92 Å². The third-order valence-electron chi connectivity index (χ3n) is 2.76. The van der Waals surface area contributed by atoms with Crippen LogP contribution in [0, 0.1) is 0 Å². The van der Waals surface area contributed by atoms with E-state index in [2.05, 4.69) is 5.32 Å². The molecule has 0 saturated carbocycles. The van der Waals surface area contributed by atoms with E-state index in [0.717, 1.165) is 5.56 Å². The first-order valence-electron chi connectivity index (χ1n) is 6.18. The van der Waals surface area contributed by atoms with Gasteiger partial charge in [-0.15, -0.1) is 0 Å². The lowest BCUT2D eigenvalue weighted by Crippen LogP contribution is -2.51. The van der Waals surface area contributed by atoms with Crippen molar-refractivity contribution >= 4 is 6.09 Å². The predicted molar refractivity (Wildman–Crippen MR) is 71.5 cm³/mol. The van der Waals surface area contributed by atoms with Gasteiger partial charge in [0.2, 0.25) is 0 Å². The Morgan fingerprint density at radius 2 is 1.95 bits per heavy atom. The normalized spacial score (nSPS) is 14.6. The molecule has 2 atom stereocenters. The highest BCUT2D eigenvalue weighted by Crippen LogP contribution is 2.12. The van der Waals surface area contributed by atoms with Gasteiger partial charge in [-0.3, -0.25) is 0 Å². The molecule has 0 aliphatic carbocycles. The van der Waals surface area contributed by atoms with Gasteiger partial charge in [-0.25, -0.2) is 4.79 Å². The molecule has 0 spiro atoms. The van der Waals surface area contributed by atoms with E-state index in [0.29, 0.717) is 0 Å². The van der Waals surface area contributed by atoms with E-state index in [4.69, 9.17) is 4.74 Å². The number of aliphatic hydroxyl groups excluding tert-OH is 1. The van der Waals surface area contributed by atoms with Crippen LogP contribution < -0.4 is 5.32 Å². The Labute approximate surface area is 113 Å². The molecule has 1 amide bonds. The van der Waals surface area contributed by atoms with E-state index in [1.165, 1.54) is 13.8 Å². The van der Waals surface area contributed by atoms with Gasteiger partial charge >= 0.3 is 6.09 Å². The summed E-state index contributed by atoms with van der Waals surface area (Å²) in [5.41, 5.74) is -0.403. The van der Waals surface area contributed by atoms with Crippen LogP contribution in [0.3, 0.4) is 0 Å². The largest absolute Gasteiger partial charge is 0.445 e. The van der Waals surface area contributed by atoms with Crippen LogP contribution in [0.25, 0.3) is 0 Å². The third kappa shape index (κ3) is 5.28. The molecule has 0 heterocycles. The number of hydrogen-bond donors (Lipinski definition) is 3. The van der Waals surface area contributed by atoms with Crippen LogP contribution in [0.5, 0.6) is 0 Å². The lowest BCUT2D eigenvalue weighted by molar-refractivity contribution is -0.0617. The van der Waals surface area contributed by atoms with Crippen LogP contribution >= 0.6 is 0 Å². The Bertz CT molecular complexity index is 400. The highest BCUT2D eigenvalue weighted by atomic mass is 16.5. The molecule has 5 nitrogen and oxygen atoms in total. The minimum Gasteiger partial charge on any atom is -0.445 e. The smallest absolute Gasteiger partial charge is 0.407 e. The second-order valence-electron chi connectivity index (χ2n) is 5.09. The van der Waals surface area contributed by atoms with Gasteiger partial charge in [0, 0.05) is 0 Å². The van der Waals surface area contributed by atoms with Crippen molar-refractivity contribution in [2.24, 2.45) is 0 Å². The van der Waals surface area contributed by atoms with Crippen molar-refractivity contribution in [2.75, 3.05) is 0 Å². The lowest BCUT2D eigenvalue weighted by atomic mass is 9.96. The molecule has 19 heavy (non-hydrogen) atoms. The molecule has 1 aromatic rings. The number of benzene rings is 1. The first kappa shape index (κ1) is 15.5. The van der Waals surface area contributed by atoms with Crippen molar-refractivity contribution in [3.63, 3.8) is 0 Å². The standard InChI is InChI=1S/C14H21NO4/c1-10(12(16)14(2,3)18)15-13(17)19-9-11-7-5-4-6-8-11/h4-8,10,12,16,18H,9H2,1-3H3,(H,15,17)/t10-,12+/m1/s1. The van der Waals surface area contributed by atoms with Crippen LogP contribution in [-0.4, -0.2) is 34.1 Å². The number of amides is 1. The maximum atomic E-state index is 11.5. The van der Waals surface area contributed by atoms with Gasteiger partial charge in [-0.1, -0.05) is 30.3 Å². The molecule has 5 heteroatoms. The quantitative estimate of drug-likeness (QED) is 0.754. The van der Waals surface area contributed by atoms with Crippen LogP contribution in [0.1, 0.15) is 26.3 Å². The van der Waals surface area contributed by atoms with Gasteiger partial charge in [0.05, 0.1) is 11.6 Å². The highest BCUT2D eigenvalue weighted by molar-refractivity contribution is 5.67. The Morgan fingerprint density at radius 1 is 1.37 bits per heavy atom. The summed E-state index contributed by atoms with van der Waals surface area (Å²) in [5.74, 6) is 0. The number of alkyl carbamates (subject to hydrolysis) is 1. The van der Waals surface area contributed by atoms with E-state index >= 15 is 0 Å². The molecular weight excluding hydrogens is 246 g/mol. The molecule has 0 saturated heterocycles. The second kappa shape index (κ2) is 6.54. The third-order valence-corrected chi connectivity index (χ3v) is 2.76. The lowest BCUT2D eigenvalue weighted by Gasteiger charge is -2.29. The van der Waals surface area contributed by atoms with Crippen LogP contribution in [0.15, 0.2) is 30.3 Å². The Hall–Kier alpha value is -1.59. The second-order valence-corrected chi connectivity index (χ2v) is 5.09. The zero-order valence-electron chi connectivity index (χ0n) is 11.5. The molecule has 0 bridgehead atoms. The molecule has 0 aliphatic heterocycles. The van der Waals surface area contributed by atoms with E-state index < -0.39 is 23.8 Å². The van der Waals surface area contributed by atoms with Crippen molar-refractivity contribution in [3.05, 3.63) is 35.9 Å². The number of nitrogens with one attached hydrogen (secondary N) is 1. The molecule has 0 aliphatic rings. The highest BCUT2D eigenvalue weighted by Gasteiger charge is 2.30. The molecule has 0 fully saturated rings. The summed E-state index contributed by atoms with van der Waals surface area (Å²) in [5, 5.41) is 21.9. The summed E-state index contributed by atoms with van der Waals surface area (Å²) < 4.78 is 5.02. The summed E-state index contributed by atoms with van der Waals surface area (Å²) in [4.78, 5) is 11.5.